The highest BCUT2D eigenvalue weighted by Crippen LogP contribution is 2.22. The lowest BCUT2D eigenvalue weighted by molar-refractivity contribution is -0.136. The fourth-order valence-electron chi connectivity index (χ4n) is 2.54. The Balaban J connectivity index is 2.04. The summed E-state index contributed by atoms with van der Waals surface area (Å²) >= 11 is 0. The fourth-order valence-corrected chi connectivity index (χ4v) is 2.54. The van der Waals surface area contributed by atoms with Crippen LogP contribution in [-0.2, 0) is 17.8 Å². The predicted molar refractivity (Wildman–Crippen MR) is 78.8 cm³/mol. The molecule has 0 aliphatic heterocycles. The van der Waals surface area contributed by atoms with Crippen molar-refractivity contribution in [1.82, 2.24) is 4.57 Å². The molecule has 0 amide bonds. The number of hydrogen-bond acceptors (Lipinski definition) is 1. The molecule has 3 nitrogen and oxygen atoms in total. The third kappa shape index (κ3) is 2.43. The lowest BCUT2D eigenvalue weighted by Gasteiger charge is -2.05. The molecule has 1 N–H and O–H groups in total. The minimum absolute atomic E-state index is 0.0578. The van der Waals surface area contributed by atoms with Crippen LogP contribution in [0.3, 0.4) is 0 Å². The number of nitrogens with zero attached hydrogens (tertiary/aromatic N) is 1. The lowest BCUT2D eigenvalue weighted by Crippen LogP contribution is -2.00. The quantitative estimate of drug-likeness (QED) is 0.786. The summed E-state index contributed by atoms with van der Waals surface area (Å²) < 4.78 is 2.11. The molecule has 20 heavy (non-hydrogen) atoms. The monoisotopic (exact) mass is 265 g/mol. The molecule has 0 bridgehead atoms. The Kier molecular flexibility index (Phi) is 3.25. The topological polar surface area (TPSA) is 42.2 Å². The molecular weight excluding hydrogens is 250 g/mol. The van der Waals surface area contributed by atoms with Crippen molar-refractivity contribution in [2.75, 3.05) is 0 Å². The average molecular weight is 265 g/mol. The van der Waals surface area contributed by atoms with Crippen molar-refractivity contribution in [3.8, 4) is 0 Å². The van der Waals surface area contributed by atoms with Gasteiger partial charge in [-0.3, -0.25) is 4.79 Å². The molecule has 1 heterocycles. The minimum Gasteiger partial charge on any atom is -0.481 e. The summed E-state index contributed by atoms with van der Waals surface area (Å²) in [6, 6.07) is 18.1. The maximum Gasteiger partial charge on any atom is 0.307 e. The van der Waals surface area contributed by atoms with Crippen LogP contribution in [0.1, 0.15) is 11.1 Å². The number of aromatic nitrogens is 1. The van der Waals surface area contributed by atoms with Gasteiger partial charge in [-0.2, -0.15) is 0 Å². The van der Waals surface area contributed by atoms with Crippen LogP contribution in [0, 0.1) is 0 Å². The van der Waals surface area contributed by atoms with E-state index in [4.69, 9.17) is 5.11 Å². The molecule has 3 rings (SSSR count). The third-order valence-electron chi connectivity index (χ3n) is 3.41. The molecule has 0 radical (unpaired) electrons. The van der Waals surface area contributed by atoms with Crippen LogP contribution in [0.2, 0.25) is 0 Å². The second kappa shape index (κ2) is 5.21. The van der Waals surface area contributed by atoms with E-state index in [1.54, 1.807) is 0 Å². The first kappa shape index (κ1) is 12.5. The van der Waals surface area contributed by atoms with Gasteiger partial charge in [-0.1, -0.05) is 48.5 Å². The molecule has 0 unspecified atom stereocenters. The molecule has 1 aromatic heterocycles. The highest BCUT2D eigenvalue weighted by molar-refractivity contribution is 5.87. The standard InChI is InChI=1S/C17H15NO2/c19-17(20)10-14-12-18(11-13-6-2-1-3-7-13)16-9-5-4-8-15(14)16/h1-9,12H,10-11H2,(H,19,20). The van der Waals surface area contributed by atoms with Crippen molar-refractivity contribution in [3.63, 3.8) is 0 Å². The molecule has 0 fully saturated rings. The average Bonchev–Trinajstić information content (AvgIpc) is 2.78. The van der Waals surface area contributed by atoms with Crippen LogP contribution in [0.25, 0.3) is 10.9 Å². The van der Waals surface area contributed by atoms with Gasteiger partial charge in [0.1, 0.15) is 0 Å². The Hall–Kier alpha value is -2.55. The highest BCUT2D eigenvalue weighted by Gasteiger charge is 2.10. The summed E-state index contributed by atoms with van der Waals surface area (Å²) in [6.45, 7) is 0.751. The second-order valence-electron chi connectivity index (χ2n) is 4.86. The van der Waals surface area contributed by atoms with Crippen LogP contribution in [-0.4, -0.2) is 15.6 Å². The van der Waals surface area contributed by atoms with Crippen molar-refractivity contribution in [1.29, 1.82) is 0 Å². The molecule has 0 saturated carbocycles. The number of fused-ring (bicyclic) bond motifs is 1. The van der Waals surface area contributed by atoms with Gasteiger partial charge in [-0.05, 0) is 17.2 Å². The molecule has 3 aromatic rings. The first-order chi connectivity index (χ1) is 9.74. The predicted octanol–water partition coefficient (Wildman–Crippen LogP) is 3.32. The first-order valence-electron chi connectivity index (χ1n) is 6.56. The Morgan fingerprint density at radius 1 is 1.00 bits per heavy atom. The van der Waals surface area contributed by atoms with Gasteiger partial charge in [-0.15, -0.1) is 0 Å². The number of para-hydroxylation sites is 1. The molecule has 0 aliphatic carbocycles. The van der Waals surface area contributed by atoms with Crippen molar-refractivity contribution in [2.24, 2.45) is 0 Å². The summed E-state index contributed by atoms with van der Waals surface area (Å²) in [6.07, 6.45) is 2.01. The zero-order chi connectivity index (χ0) is 13.9. The largest absolute Gasteiger partial charge is 0.481 e. The number of hydrogen-bond donors (Lipinski definition) is 1. The van der Waals surface area contributed by atoms with Gasteiger partial charge in [0, 0.05) is 23.6 Å². The van der Waals surface area contributed by atoms with Crippen molar-refractivity contribution in [3.05, 3.63) is 71.9 Å². The van der Waals surface area contributed by atoms with E-state index in [-0.39, 0.29) is 6.42 Å². The SMILES string of the molecule is O=C(O)Cc1cn(Cc2ccccc2)c2ccccc12. The van der Waals surface area contributed by atoms with E-state index >= 15 is 0 Å². The number of benzene rings is 2. The summed E-state index contributed by atoms with van der Waals surface area (Å²) in [5.74, 6) is -0.799. The summed E-state index contributed by atoms with van der Waals surface area (Å²) in [7, 11) is 0. The van der Waals surface area contributed by atoms with Gasteiger partial charge in [0.05, 0.1) is 6.42 Å². The Morgan fingerprint density at radius 3 is 2.45 bits per heavy atom. The zero-order valence-electron chi connectivity index (χ0n) is 11.0. The molecule has 3 heteroatoms. The minimum atomic E-state index is -0.799. The molecule has 0 atom stereocenters. The fraction of sp³-hybridized carbons (Fsp3) is 0.118. The summed E-state index contributed by atoms with van der Waals surface area (Å²) in [4.78, 5) is 11.0. The van der Waals surface area contributed by atoms with Gasteiger partial charge in [0.25, 0.3) is 0 Å². The third-order valence-corrected chi connectivity index (χ3v) is 3.41. The summed E-state index contributed by atoms with van der Waals surface area (Å²) in [5.41, 5.74) is 3.15. The number of aliphatic carboxylic acids is 1. The number of carbonyl (C=O) groups is 1. The van der Waals surface area contributed by atoms with Gasteiger partial charge in [-0.25, -0.2) is 0 Å². The van der Waals surface area contributed by atoms with Gasteiger partial charge in [0.2, 0.25) is 0 Å². The van der Waals surface area contributed by atoms with E-state index in [0.717, 1.165) is 23.0 Å². The van der Waals surface area contributed by atoms with E-state index in [1.807, 2.05) is 48.7 Å². The Morgan fingerprint density at radius 2 is 1.70 bits per heavy atom. The smallest absolute Gasteiger partial charge is 0.307 e. The van der Waals surface area contributed by atoms with Crippen LogP contribution in [0.4, 0.5) is 0 Å². The van der Waals surface area contributed by atoms with Crippen LogP contribution in [0.15, 0.2) is 60.8 Å². The molecule has 0 aliphatic rings. The molecule has 0 spiro atoms. The Bertz CT molecular complexity index is 744. The van der Waals surface area contributed by atoms with Crippen LogP contribution < -0.4 is 0 Å². The van der Waals surface area contributed by atoms with Crippen LogP contribution >= 0.6 is 0 Å². The van der Waals surface area contributed by atoms with Crippen LogP contribution in [0.5, 0.6) is 0 Å². The van der Waals surface area contributed by atoms with E-state index in [0.29, 0.717) is 0 Å². The highest BCUT2D eigenvalue weighted by atomic mass is 16.4. The number of carboxylic acids is 1. The molecule has 0 saturated heterocycles. The zero-order valence-corrected chi connectivity index (χ0v) is 11.0. The van der Waals surface area contributed by atoms with Crippen molar-refractivity contribution >= 4 is 16.9 Å². The maximum atomic E-state index is 11.0. The van der Waals surface area contributed by atoms with E-state index in [2.05, 4.69) is 16.7 Å². The van der Waals surface area contributed by atoms with Crippen molar-refractivity contribution < 1.29 is 9.90 Å². The van der Waals surface area contributed by atoms with Gasteiger partial charge < -0.3 is 9.67 Å². The lowest BCUT2D eigenvalue weighted by atomic mass is 10.1. The van der Waals surface area contributed by atoms with Gasteiger partial charge >= 0.3 is 5.97 Å². The number of carboxylic acid groups (broad SMARTS) is 1. The molecular formula is C17H15NO2. The Labute approximate surface area is 117 Å². The van der Waals surface area contributed by atoms with E-state index < -0.39 is 5.97 Å². The van der Waals surface area contributed by atoms with Gasteiger partial charge in [0.15, 0.2) is 0 Å². The van der Waals surface area contributed by atoms with E-state index in [9.17, 15) is 4.79 Å². The maximum absolute atomic E-state index is 11.0. The van der Waals surface area contributed by atoms with E-state index in [1.165, 1.54) is 5.56 Å². The second-order valence-corrected chi connectivity index (χ2v) is 4.86. The number of rotatable bonds is 4. The molecule has 2 aromatic carbocycles. The molecule has 100 valence electrons. The summed E-state index contributed by atoms with van der Waals surface area (Å²) in [5, 5.41) is 10.0. The van der Waals surface area contributed by atoms with Crippen molar-refractivity contribution in [2.45, 2.75) is 13.0 Å². The first-order valence-corrected chi connectivity index (χ1v) is 6.56. The normalized spacial score (nSPS) is 10.8.